The van der Waals surface area contributed by atoms with Crippen LogP contribution in [0.25, 0.3) is 0 Å². The number of hydrogen-bond acceptors (Lipinski definition) is 3. The van der Waals surface area contributed by atoms with Crippen LogP contribution in [0.5, 0.6) is 0 Å². The second kappa shape index (κ2) is 7.23. The Labute approximate surface area is 131 Å². The first-order valence-corrected chi connectivity index (χ1v) is 7.64. The van der Waals surface area contributed by atoms with Gasteiger partial charge in [-0.15, -0.1) is 0 Å². The van der Waals surface area contributed by atoms with Gasteiger partial charge in [0, 0.05) is 0 Å². The normalized spacial score (nSPS) is 12.7. The van der Waals surface area contributed by atoms with E-state index in [1.807, 2.05) is 67.6 Å². The van der Waals surface area contributed by atoms with Gasteiger partial charge in [-0.2, -0.15) is 0 Å². The van der Waals surface area contributed by atoms with Crippen LogP contribution >= 0.6 is 0 Å². The lowest BCUT2D eigenvalue weighted by molar-refractivity contribution is -0.152. The minimum Gasteiger partial charge on any atom is -0.465 e. The minimum atomic E-state index is -1.20. The van der Waals surface area contributed by atoms with Gasteiger partial charge in [-0.1, -0.05) is 67.6 Å². The SMILES string of the molecule is CCOC(=O)C(c1ccccc1)(c1ccccc1)C(O)CC. The monoisotopic (exact) mass is 298 g/mol. The molecule has 0 heterocycles. The van der Waals surface area contributed by atoms with Crippen molar-refractivity contribution in [3.8, 4) is 0 Å². The highest BCUT2D eigenvalue weighted by Gasteiger charge is 2.48. The average molecular weight is 298 g/mol. The largest absolute Gasteiger partial charge is 0.465 e. The van der Waals surface area contributed by atoms with Gasteiger partial charge in [0.25, 0.3) is 0 Å². The van der Waals surface area contributed by atoms with Gasteiger partial charge in [-0.25, -0.2) is 0 Å². The molecule has 1 unspecified atom stereocenters. The second-order valence-electron chi connectivity index (χ2n) is 5.18. The van der Waals surface area contributed by atoms with Crippen molar-refractivity contribution in [3.63, 3.8) is 0 Å². The molecule has 0 amide bonds. The van der Waals surface area contributed by atoms with E-state index in [1.165, 1.54) is 0 Å². The molecule has 0 saturated heterocycles. The summed E-state index contributed by atoms with van der Waals surface area (Å²) >= 11 is 0. The molecular formula is C19H22O3. The van der Waals surface area contributed by atoms with E-state index in [9.17, 15) is 9.90 Å². The molecular weight excluding hydrogens is 276 g/mol. The van der Waals surface area contributed by atoms with Crippen LogP contribution in [0.4, 0.5) is 0 Å². The van der Waals surface area contributed by atoms with Crippen LogP contribution in [0.3, 0.4) is 0 Å². The van der Waals surface area contributed by atoms with Crippen LogP contribution in [0.15, 0.2) is 60.7 Å². The Morgan fingerprint density at radius 1 is 1.00 bits per heavy atom. The summed E-state index contributed by atoms with van der Waals surface area (Å²) in [7, 11) is 0. The number of carbonyl (C=O) groups excluding carboxylic acids is 1. The van der Waals surface area contributed by atoms with E-state index in [-0.39, 0.29) is 6.61 Å². The van der Waals surface area contributed by atoms with Crippen molar-refractivity contribution in [2.75, 3.05) is 6.61 Å². The van der Waals surface area contributed by atoms with Gasteiger partial charge in [-0.3, -0.25) is 4.79 Å². The Morgan fingerprint density at radius 2 is 1.45 bits per heavy atom. The Kier molecular flexibility index (Phi) is 5.34. The third-order valence-corrected chi connectivity index (χ3v) is 3.94. The van der Waals surface area contributed by atoms with E-state index < -0.39 is 17.5 Å². The van der Waals surface area contributed by atoms with E-state index in [4.69, 9.17) is 4.74 Å². The number of aliphatic hydroxyl groups excluding tert-OH is 1. The van der Waals surface area contributed by atoms with Gasteiger partial charge < -0.3 is 9.84 Å². The van der Waals surface area contributed by atoms with Crippen molar-refractivity contribution >= 4 is 5.97 Å². The maximum atomic E-state index is 12.9. The third kappa shape index (κ3) is 2.77. The number of esters is 1. The molecule has 0 radical (unpaired) electrons. The van der Waals surface area contributed by atoms with Crippen molar-refractivity contribution in [2.24, 2.45) is 0 Å². The number of benzene rings is 2. The molecule has 0 spiro atoms. The van der Waals surface area contributed by atoms with Crippen LogP contribution in [-0.4, -0.2) is 23.8 Å². The molecule has 0 aromatic heterocycles. The fraction of sp³-hybridized carbons (Fsp3) is 0.316. The molecule has 0 fully saturated rings. The molecule has 116 valence electrons. The smallest absolute Gasteiger partial charge is 0.323 e. The first kappa shape index (κ1) is 16.2. The average Bonchev–Trinajstić information content (AvgIpc) is 2.57. The first-order valence-electron chi connectivity index (χ1n) is 7.64. The van der Waals surface area contributed by atoms with Crippen LogP contribution in [0.1, 0.15) is 31.4 Å². The summed E-state index contributed by atoms with van der Waals surface area (Å²) in [5.74, 6) is -0.415. The van der Waals surface area contributed by atoms with Crippen LogP contribution in [-0.2, 0) is 14.9 Å². The third-order valence-electron chi connectivity index (χ3n) is 3.94. The molecule has 1 N–H and O–H groups in total. The molecule has 2 aromatic carbocycles. The summed E-state index contributed by atoms with van der Waals surface area (Å²) < 4.78 is 5.34. The Morgan fingerprint density at radius 3 is 1.82 bits per heavy atom. The zero-order chi connectivity index (χ0) is 16.0. The summed E-state index contributed by atoms with van der Waals surface area (Å²) in [6, 6.07) is 18.7. The highest BCUT2D eigenvalue weighted by Crippen LogP contribution is 2.38. The summed E-state index contributed by atoms with van der Waals surface area (Å²) in [6.07, 6.45) is -0.417. The molecule has 0 aliphatic heterocycles. The molecule has 0 bridgehead atoms. The summed E-state index contributed by atoms with van der Waals surface area (Å²) in [4.78, 5) is 12.9. The highest BCUT2D eigenvalue weighted by molar-refractivity contribution is 5.88. The molecule has 0 aliphatic rings. The summed E-state index contributed by atoms with van der Waals surface area (Å²) in [5.41, 5.74) is 0.288. The quantitative estimate of drug-likeness (QED) is 0.832. The van der Waals surface area contributed by atoms with Crippen LogP contribution in [0, 0.1) is 0 Å². The van der Waals surface area contributed by atoms with Crippen LogP contribution < -0.4 is 0 Å². The van der Waals surface area contributed by atoms with Gasteiger partial charge in [0.2, 0.25) is 0 Å². The van der Waals surface area contributed by atoms with E-state index in [2.05, 4.69) is 0 Å². The molecule has 2 aromatic rings. The van der Waals surface area contributed by atoms with E-state index in [0.29, 0.717) is 6.42 Å². The van der Waals surface area contributed by atoms with Crippen molar-refractivity contribution in [2.45, 2.75) is 31.8 Å². The molecule has 0 saturated carbocycles. The maximum absolute atomic E-state index is 12.9. The van der Waals surface area contributed by atoms with E-state index in [0.717, 1.165) is 11.1 Å². The van der Waals surface area contributed by atoms with E-state index in [1.54, 1.807) is 6.92 Å². The second-order valence-corrected chi connectivity index (χ2v) is 5.18. The highest BCUT2D eigenvalue weighted by atomic mass is 16.5. The Bertz CT molecular complexity index is 553. The van der Waals surface area contributed by atoms with Gasteiger partial charge in [-0.05, 0) is 24.5 Å². The fourth-order valence-corrected chi connectivity index (χ4v) is 2.88. The maximum Gasteiger partial charge on any atom is 0.323 e. The lowest BCUT2D eigenvalue weighted by Gasteiger charge is -2.36. The van der Waals surface area contributed by atoms with Gasteiger partial charge >= 0.3 is 5.97 Å². The topological polar surface area (TPSA) is 46.5 Å². The molecule has 1 atom stereocenters. The first-order chi connectivity index (χ1) is 10.7. The molecule has 0 aliphatic carbocycles. The van der Waals surface area contributed by atoms with Crippen molar-refractivity contribution in [1.29, 1.82) is 0 Å². The standard InChI is InChI=1S/C19H22O3/c1-3-17(20)19(18(21)22-4-2,15-11-7-5-8-12-15)16-13-9-6-10-14-16/h5-14,17,20H,3-4H2,1-2H3. The lowest BCUT2D eigenvalue weighted by Crippen LogP contribution is -2.48. The predicted molar refractivity (Wildman–Crippen MR) is 86.6 cm³/mol. The van der Waals surface area contributed by atoms with Crippen molar-refractivity contribution in [3.05, 3.63) is 71.8 Å². The van der Waals surface area contributed by atoms with E-state index >= 15 is 0 Å². The lowest BCUT2D eigenvalue weighted by atomic mass is 9.69. The van der Waals surface area contributed by atoms with Gasteiger partial charge in [0.1, 0.15) is 5.41 Å². The molecule has 2 rings (SSSR count). The summed E-state index contributed by atoms with van der Waals surface area (Å²) in [5, 5.41) is 10.8. The van der Waals surface area contributed by atoms with Crippen LogP contribution in [0.2, 0.25) is 0 Å². The van der Waals surface area contributed by atoms with Gasteiger partial charge in [0.05, 0.1) is 12.7 Å². The molecule has 3 nitrogen and oxygen atoms in total. The zero-order valence-electron chi connectivity index (χ0n) is 13.0. The predicted octanol–water partition coefficient (Wildman–Crippen LogP) is 3.31. The number of carbonyl (C=O) groups is 1. The molecule has 22 heavy (non-hydrogen) atoms. The zero-order valence-corrected chi connectivity index (χ0v) is 13.0. The molecule has 3 heteroatoms. The van der Waals surface area contributed by atoms with Gasteiger partial charge in [0.15, 0.2) is 0 Å². The Hall–Kier alpha value is -2.13. The summed E-state index contributed by atoms with van der Waals surface area (Å²) in [6.45, 7) is 3.91. The minimum absolute atomic E-state index is 0.274. The number of aliphatic hydroxyl groups is 1. The number of ether oxygens (including phenoxy) is 1. The fourth-order valence-electron chi connectivity index (χ4n) is 2.88. The number of rotatable bonds is 6. The van der Waals surface area contributed by atoms with Crippen molar-refractivity contribution < 1.29 is 14.6 Å². The number of hydrogen-bond donors (Lipinski definition) is 1. The Balaban J connectivity index is 2.72. The van der Waals surface area contributed by atoms with Crippen molar-refractivity contribution in [1.82, 2.24) is 0 Å².